The van der Waals surface area contributed by atoms with Gasteiger partial charge >= 0.3 is 5.97 Å². The van der Waals surface area contributed by atoms with E-state index in [9.17, 15) is 9.59 Å². The molecule has 0 aromatic heterocycles. The van der Waals surface area contributed by atoms with Gasteiger partial charge < -0.3 is 10.5 Å². The Morgan fingerprint density at radius 1 is 1.40 bits per heavy atom. The first-order valence-corrected chi connectivity index (χ1v) is 6.37. The fraction of sp³-hybridized carbons (Fsp3) is 0.267. The smallest absolute Gasteiger partial charge is 0.334 e. The van der Waals surface area contributed by atoms with E-state index in [-0.39, 0.29) is 12.2 Å². The maximum atomic E-state index is 11.8. The molecule has 1 heterocycles. The number of carbonyl (C=O) groups is 2. The maximum Gasteiger partial charge on any atom is 0.334 e. The van der Waals surface area contributed by atoms with Gasteiger partial charge in [0.25, 0.3) is 0 Å². The molecule has 1 aromatic carbocycles. The first kappa shape index (κ1) is 14.0. The predicted octanol–water partition coefficient (Wildman–Crippen LogP) is 2.23. The molecule has 1 aliphatic rings. The average Bonchev–Trinajstić information content (AvgIpc) is 2.55. The van der Waals surface area contributed by atoms with Crippen LogP contribution in [0.4, 0.5) is 5.69 Å². The fourth-order valence-corrected chi connectivity index (χ4v) is 1.96. The van der Waals surface area contributed by atoms with Crippen LogP contribution in [0, 0.1) is 0 Å². The van der Waals surface area contributed by atoms with E-state index in [4.69, 9.17) is 10.5 Å². The summed E-state index contributed by atoms with van der Waals surface area (Å²) in [5.74, 6) is -0.113. The lowest BCUT2D eigenvalue weighted by Gasteiger charge is -2.04. The molecule has 20 heavy (non-hydrogen) atoms. The molecule has 2 N–H and O–H groups in total. The summed E-state index contributed by atoms with van der Waals surface area (Å²) in [6.07, 6.45) is 1.95. The minimum absolute atomic E-state index is 0.0413. The van der Waals surface area contributed by atoms with Crippen LogP contribution in [-0.2, 0) is 9.53 Å². The van der Waals surface area contributed by atoms with Crippen LogP contribution >= 0.6 is 0 Å². The number of nitrogens with two attached hydrogens (primary N) is 1. The molecule has 0 saturated carbocycles. The van der Waals surface area contributed by atoms with Crippen molar-refractivity contribution in [2.75, 3.05) is 6.61 Å². The maximum absolute atomic E-state index is 11.8. The Labute approximate surface area is 117 Å². The van der Waals surface area contributed by atoms with Gasteiger partial charge in [0.05, 0.1) is 12.3 Å². The van der Waals surface area contributed by atoms with Crippen molar-refractivity contribution in [3.63, 3.8) is 0 Å². The second kappa shape index (κ2) is 5.69. The Morgan fingerprint density at radius 3 is 2.80 bits per heavy atom. The Kier molecular flexibility index (Phi) is 3.98. The molecule has 0 radical (unpaired) electrons. The molecule has 0 fully saturated rings. The van der Waals surface area contributed by atoms with Gasteiger partial charge in [-0.15, -0.1) is 0 Å². The minimum atomic E-state index is -0.394. The molecule has 1 aromatic rings. The topological polar surface area (TPSA) is 81.8 Å². The molecule has 0 saturated heterocycles. The highest BCUT2D eigenvalue weighted by Crippen LogP contribution is 2.28. The zero-order valence-electron chi connectivity index (χ0n) is 11.5. The van der Waals surface area contributed by atoms with Crippen molar-refractivity contribution in [1.29, 1.82) is 0 Å². The van der Waals surface area contributed by atoms with Gasteiger partial charge in [-0.05, 0) is 26.0 Å². The third kappa shape index (κ3) is 2.93. The highest BCUT2D eigenvalue weighted by molar-refractivity contribution is 6.04. The molecule has 2 rings (SSSR count). The summed E-state index contributed by atoms with van der Waals surface area (Å²) in [5, 5.41) is 0. The van der Waals surface area contributed by atoms with Gasteiger partial charge in [-0.2, -0.15) is 0 Å². The monoisotopic (exact) mass is 272 g/mol. The van der Waals surface area contributed by atoms with Crippen LogP contribution in [0.2, 0.25) is 0 Å². The summed E-state index contributed by atoms with van der Waals surface area (Å²) in [6.45, 7) is 3.55. The first-order chi connectivity index (χ1) is 9.51. The SMILES string of the molecule is CCOC(=O)C1=Cc2ccc(C(C)=O)cc2N=C(N)C1. The number of aliphatic imine (C=N–C) groups is 1. The Morgan fingerprint density at radius 2 is 2.15 bits per heavy atom. The molecule has 0 unspecified atom stereocenters. The number of carbonyl (C=O) groups excluding carboxylic acids is 2. The van der Waals surface area contributed by atoms with Gasteiger partial charge in [0.15, 0.2) is 5.78 Å². The number of ether oxygens (including phenoxy) is 1. The van der Waals surface area contributed by atoms with E-state index in [1.807, 2.05) is 0 Å². The van der Waals surface area contributed by atoms with Crippen LogP contribution < -0.4 is 5.73 Å². The Bertz CT molecular complexity index is 630. The van der Waals surface area contributed by atoms with E-state index < -0.39 is 5.97 Å². The number of esters is 1. The molecule has 5 heteroatoms. The van der Waals surface area contributed by atoms with Crippen molar-refractivity contribution in [3.05, 3.63) is 34.9 Å². The standard InChI is InChI=1S/C15H16N2O3/c1-3-20-15(19)12-6-11-5-4-10(9(2)18)7-13(11)17-14(16)8-12/h4-7H,3,8H2,1-2H3,(H2,16,17). The predicted molar refractivity (Wildman–Crippen MR) is 77.0 cm³/mol. The summed E-state index contributed by atoms with van der Waals surface area (Å²) in [6, 6.07) is 5.14. The van der Waals surface area contributed by atoms with Crippen molar-refractivity contribution >= 4 is 29.4 Å². The summed E-state index contributed by atoms with van der Waals surface area (Å²) >= 11 is 0. The van der Waals surface area contributed by atoms with Crippen molar-refractivity contribution in [1.82, 2.24) is 0 Å². The van der Waals surface area contributed by atoms with Crippen LogP contribution in [0.3, 0.4) is 0 Å². The Balaban J connectivity index is 2.47. The molecule has 0 atom stereocenters. The first-order valence-electron chi connectivity index (χ1n) is 6.37. The molecule has 1 aliphatic heterocycles. The summed E-state index contributed by atoms with van der Waals surface area (Å²) in [7, 11) is 0. The number of hydrogen-bond acceptors (Lipinski definition) is 5. The third-order valence-electron chi connectivity index (χ3n) is 2.94. The van der Waals surface area contributed by atoms with Crippen molar-refractivity contribution in [2.24, 2.45) is 10.7 Å². The Hall–Kier alpha value is -2.43. The highest BCUT2D eigenvalue weighted by atomic mass is 16.5. The van der Waals surface area contributed by atoms with E-state index in [0.717, 1.165) is 5.56 Å². The van der Waals surface area contributed by atoms with Crippen LogP contribution in [0.1, 0.15) is 36.2 Å². The van der Waals surface area contributed by atoms with E-state index in [2.05, 4.69) is 4.99 Å². The molecule has 5 nitrogen and oxygen atoms in total. The van der Waals surface area contributed by atoms with Gasteiger partial charge in [0.1, 0.15) is 5.84 Å². The molecule has 0 aliphatic carbocycles. The lowest BCUT2D eigenvalue weighted by atomic mass is 10.0. The second-order valence-electron chi connectivity index (χ2n) is 4.50. The number of hydrogen-bond donors (Lipinski definition) is 1. The molecule has 104 valence electrons. The number of benzene rings is 1. The normalized spacial score (nSPS) is 13.7. The van der Waals surface area contributed by atoms with Gasteiger partial charge in [-0.25, -0.2) is 9.79 Å². The van der Waals surface area contributed by atoms with Crippen molar-refractivity contribution in [3.8, 4) is 0 Å². The summed E-state index contributed by atoms with van der Waals surface area (Å²) in [5.41, 5.74) is 8.18. The molecular formula is C15H16N2O3. The van der Waals surface area contributed by atoms with Crippen LogP contribution in [0.5, 0.6) is 0 Å². The lowest BCUT2D eigenvalue weighted by Crippen LogP contribution is -2.16. The van der Waals surface area contributed by atoms with Crippen LogP contribution in [0.15, 0.2) is 28.8 Å². The summed E-state index contributed by atoms with van der Waals surface area (Å²) < 4.78 is 4.99. The number of ketones is 1. The second-order valence-corrected chi connectivity index (χ2v) is 4.50. The summed E-state index contributed by atoms with van der Waals surface area (Å²) in [4.78, 5) is 27.5. The largest absolute Gasteiger partial charge is 0.463 e. The van der Waals surface area contributed by atoms with Crippen molar-refractivity contribution in [2.45, 2.75) is 20.3 Å². The van der Waals surface area contributed by atoms with Gasteiger partial charge in [0.2, 0.25) is 0 Å². The van der Waals surface area contributed by atoms with E-state index in [1.165, 1.54) is 6.92 Å². The number of nitrogens with zero attached hydrogens (tertiary/aromatic N) is 1. The molecular weight excluding hydrogens is 256 g/mol. The average molecular weight is 272 g/mol. The highest BCUT2D eigenvalue weighted by Gasteiger charge is 2.17. The number of rotatable bonds is 3. The van der Waals surface area contributed by atoms with Gasteiger partial charge in [0, 0.05) is 23.1 Å². The van der Waals surface area contributed by atoms with E-state index in [0.29, 0.717) is 29.3 Å². The van der Waals surface area contributed by atoms with E-state index >= 15 is 0 Å². The van der Waals surface area contributed by atoms with E-state index in [1.54, 1.807) is 31.2 Å². The zero-order valence-corrected chi connectivity index (χ0v) is 11.5. The third-order valence-corrected chi connectivity index (χ3v) is 2.94. The number of amidine groups is 1. The minimum Gasteiger partial charge on any atom is -0.463 e. The van der Waals surface area contributed by atoms with Crippen LogP contribution in [-0.4, -0.2) is 24.2 Å². The zero-order chi connectivity index (χ0) is 14.7. The molecule has 0 spiro atoms. The lowest BCUT2D eigenvalue weighted by molar-refractivity contribution is -0.138. The molecule has 0 bridgehead atoms. The molecule has 0 amide bonds. The number of Topliss-reactive ketones (excluding diaryl/α,β-unsaturated/α-hetero) is 1. The van der Waals surface area contributed by atoms with Crippen LogP contribution in [0.25, 0.3) is 6.08 Å². The number of fused-ring (bicyclic) bond motifs is 1. The fourth-order valence-electron chi connectivity index (χ4n) is 1.96. The van der Waals surface area contributed by atoms with Crippen molar-refractivity contribution < 1.29 is 14.3 Å². The van der Waals surface area contributed by atoms with Gasteiger partial charge in [-0.1, -0.05) is 12.1 Å². The van der Waals surface area contributed by atoms with Gasteiger partial charge in [-0.3, -0.25) is 4.79 Å². The quantitative estimate of drug-likeness (QED) is 0.675.